The molecule has 0 aliphatic carbocycles. The summed E-state index contributed by atoms with van der Waals surface area (Å²) in [5.41, 5.74) is 1.70. The van der Waals surface area contributed by atoms with Gasteiger partial charge in [-0.1, -0.05) is 30.3 Å². The zero-order valence-corrected chi connectivity index (χ0v) is 14.4. The molecular weight excluding hydrogens is 338 g/mol. The number of aryl methyl sites for hydroxylation is 1. The highest BCUT2D eigenvalue weighted by atomic mass is 32.1. The standard InChI is InChI=1S/C17H19N5O2S/c23-15(18-8-4-7-14-20-17(24)22-21-14)10-13-11-25-16(19-13)9-12-5-2-1-3-6-12/h1-3,5-6,11H,4,7-10H2,(H,18,23)(H2,20,21,22,24). The largest absolute Gasteiger partial charge is 0.356 e. The molecule has 0 aliphatic heterocycles. The van der Waals surface area contributed by atoms with Gasteiger partial charge in [0.2, 0.25) is 5.91 Å². The summed E-state index contributed by atoms with van der Waals surface area (Å²) >= 11 is 1.58. The molecule has 0 unspecified atom stereocenters. The van der Waals surface area contributed by atoms with Gasteiger partial charge in [0.05, 0.1) is 17.1 Å². The van der Waals surface area contributed by atoms with E-state index in [-0.39, 0.29) is 18.0 Å². The molecule has 3 rings (SSSR count). The van der Waals surface area contributed by atoms with Gasteiger partial charge in [0.1, 0.15) is 5.82 Å². The molecule has 0 saturated heterocycles. The Morgan fingerprint density at radius 3 is 2.84 bits per heavy atom. The van der Waals surface area contributed by atoms with Crippen LogP contribution in [0.25, 0.3) is 0 Å². The molecule has 0 fully saturated rings. The average Bonchev–Trinajstić information content (AvgIpc) is 3.21. The quantitative estimate of drug-likeness (QED) is 0.531. The van der Waals surface area contributed by atoms with E-state index in [2.05, 4.69) is 37.6 Å². The fraction of sp³-hybridized carbons (Fsp3) is 0.294. The predicted octanol–water partition coefficient (Wildman–Crippen LogP) is 1.44. The molecule has 3 N–H and O–H groups in total. The van der Waals surface area contributed by atoms with E-state index in [0.29, 0.717) is 25.2 Å². The maximum Gasteiger partial charge on any atom is 0.340 e. The van der Waals surface area contributed by atoms with Crippen LogP contribution < -0.4 is 11.0 Å². The Kier molecular flexibility index (Phi) is 5.73. The lowest BCUT2D eigenvalue weighted by atomic mass is 10.2. The van der Waals surface area contributed by atoms with Crippen LogP contribution in [-0.2, 0) is 24.1 Å². The van der Waals surface area contributed by atoms with E-state index in [1.54, 1.807) is 11.3 Å². The van der Waals surface area contributed by atoms with Crippen molar-refractivity contribution in [3.63, 3.8) is 0 Å². The number of H-pyrrole nitrogens is 2. The van der Waals surface area contributed by atoms with E-state index < -0.39 is 0 Å². The van der Waals surface area contributed by atoms with Crippen LogP contribution in [0.2, 0.25) is 0 Å². The van der Waals surface area contributed by atoms with E-state index in [1.165, 1.54) is 5.56 Å². The Balaban J connectivity index is 1.40. The van der Waals surface area contributed by atoms with Crippen molar-refractivity contribution in [3.05, 3.63) is 68.3 Å². The molecule has 0 saturated carbocycles. The van der Waals surface area contributed by atoms with Crippen molar-refractivity contribution in [3.8, 4) is 0 Å². The SMILES string of the molecule is O=C(Cc1csc(Cc2ccccc2)n1)NCCCc1n[nH]c(=O)[nH]1. The van der Waals surface area contributed by atoms with Crippen LogP contribution in [0.1, 0.15) is 28.5 Å². The van der Waals surface area contributed by atoms with Gasteiger partial charge >= 0.3 is 5.69 Å². The lowest BCUT2D eigenvalue weighted by molar-refractivity contribution is -0.120. The van der Waals surface area contributed by atoms with Crippen molar-refractivity contribution < 1.29 is 4.79 Å². The van der Waals surface area contributed by atoms with Crippen LogP contribution in [-0.4, -0.2) is 32.6 Å². The Bertz CT molecular complexity index is 868. The number of rotatable bonds is 8. The first kappa shape index (κ1) is 17.1. The van der Waals surface area contributed by atoms with E-state index >= 15 is 0 Å². The number of hydrogen-bond acceptors (Lipinski definition) is 5. The third-order valence-corrected chi connectivity index (χ3v) is 4.50. The second kappa shape index (κ2) is 8.39. The summed E-state index contributed by atoms with van der Waals surface area (Å²) in [5, 5.41) is 11.9. The van der Waals surface area contributed by atoms with Crippen molar-refractivity contribution in [1.82, 2.24) is 25.5 Å². The highest BCUT2D eigenvalue weighted by Crippen LogP contribution is 2.15. The van der Waals surface area contributed by atoms with Gasteiger partial charge in [-0.05, 0) is 12.0 Å². The first-order valence-corrected chi connectivity index (χ1v) is 8.94. The first-order chi connectivity index (χ1) is 12.2. The number of carbonyl (C=O) groups excluding carboxylic acids is 1. The van der Waals surface area contributed by atoms with Gasteiger partial charge in [-0.15, -0.1) is 11.3 Å². The summed E-state index contributed by atoms with van der Waals surface area (Å²) in [6.07, 6.45) is 2.39. The minimum absolute atomic E-state index is 0.0490. The Morgan fingerprint density at radius 2 is 2.08 bits per heavy atom. The van der Waals surface area contributed by atoms with Gasteiger partial charge in [-0.2, -0.15) is 5.10 Å². The second-order valence-corrected chi connectivity index (χ2v) is 6.59. The molecule has 1 amide bonds. The highest BCUT2D eigenvalue weighted by molar-refractivity contribution is 7.09. The molecule has 2 aromatic heterocycles. The Labute approximate surface area is 148 Å². The zero-order chi connectivity index (χ0) is 17.5. The van der Waals surface area contributed by atoms with Crippen molar-refractivity contribution in [2.45, 2.75) is 25.7 Å². The molecule has 0 spiro atoms. The molecule has 0 atom stereocenters. The molecule has 0 radical (unpaired) electrons. The average molecular weight is 357 g/mol. The third-order valence-electron chi connectivity index (χ3n) is 3.60. The van der Waals surface area contributed by atoms with Crippen LogP contribution in [0.3, 0.4) is 0 Å². The monoisotopic (exact) mass is 357 g/mol. The summed E-state index contributed by atoms with van der Waals surface area (Å²) in [7, 11) is 0. The van der Waals surface area contributed by atoms with Gasteiger partial charge in [0.15, 0.2) is 0 Å². The van der Waals surface area contributed by atoms with Gasteiger partial charge in [0, 0.05) is 24.8 Å². The van der Waals surface area contributed by atoms with E-state index in [4.69, 9.17) is 0 Å². The molecule has 0 aliphatic rings. The summed E-state index contributed by atoms with van der Waals surface area (Å²) in [4.78, 5) is 30.0. The molecule has 3 aromatic rings. The van der Waals surface area contributed by atoms with Gasteiger partial charge in [0.25, 0.3) is 0 Å². The Hall–Kier alpha value is -2.74. The number of nitrogens with one attached hydrogen (secondary N) is 3. The fourth-order valence-electron chi connectivity index (χ4n) is 2.42. The summed E-state index contributed by atoms with van der Waals surface area (Å²) in [5.74, 6) is 0.552. The highest BCUT2D eigenvalue weighted by Gasteiger charge is 2.08. The lowest BCUT2D eigenvalue weighted by Crippen LogP contribution is -2.26. The Morgan fingerprint density at radius 1 is 1.24 bits per heavy atom. The molecular formula is C17H19N5O2S. The van der Waals surface area contributed by atoms with Crippen LogP contribution >= 0.6 is 11.3 Å². The fourth-order valence-corrected chi connectivity index (χ4v) is 3.24. The second-order valence-electron chi connectivity index (χ2n) is 5.65. The number of amides is 1. The van der Waals surface area contributed by atoms with E-state index in [9.17, 15) is 9.59 Å². The van der Waals surface area contributed by atoms with E-state index in [1.807, 2.05) is 23.6 Å². The zero-order valence-electron chi connectivity index (χ0n) is 13.6. The minimum atomic E-state index is -0.311. The number of thiazole rings is 1. The number of aromatic amines is 2. The van der Waals surface area contributed by atoms with Crippen LogP contribution in [0.15, 0.2) is 40.5 Å². The van der Waals surface area contributed by atoms with Gasteiger partial charge in [-0.3, -0.25) is 9.78 Å². The smallest absolute Gasteiger partial charge is 0.340 e. The van der Waals surface area contributed by atoms with Crippen LogP contribution in [0, 0.1) is 0 Å². The maximum atomic E-state index is 12.0. The van der Waals surface area contributed by atoms with Crippen molar-refractivity contribution in [2.75, 3.05) is 6.54 Å². The third kappa shape index (κ3) is 5.39. The number of aromatic nitrogens is 4. The van der Waals surface area contributed by atoms with Crippen molar-refractivity contribution in [2.24, 2.45) is 0 Å². The number of hydrogen-bond donors (Lipinski definition) is 3. The normalized spacial score (nSPS) is 10.7. The molecule has 2 heterocycles. The van der Waals surface area contributed by atoms with Crippen molar-refractivity contribution in [1.29, 1.82) is 0 Å². The number of benzene rings is 1. The molecule has 25 heavy (non-hydrogen) atoms. The van der Waals surface area contributed by atoms with Gasteiger partial charge < -0.3 is 5.32 Å². The van der Waals surface area contributed by atoms with E-state index in [0.717, 1.165) is 17.1 Å². The summed E-state index contributed by atoms with van der Waals surface area (Å²) in [6, 6.07) is 10.2. The first-order valence-electron chi connectivity index (χ1n) is 8.06. The van der Waals surface area contributed by atoms with Crippen LogP contribution in [0.5, 0.6) is 0 Å². The number of nitrogens with zero attached hydrogens (tertiary/aromatic N) is 2. The topological polar surface area (TPSA) is 104 Å². The van der Waals surface area contributed by atoms with Gasteiger partial charge in [-0.25, -0.2) is 14.9 Å². The summed E-state index contributed by atoms with van der Waals surface area (Å²) in [6.45, 7) is 0.536. The number of carbonyl (C=O) groups is 1. The molecule has 8 heteroatoms. The minimum Gasteiger partial charge on any atom is -0.356 e. The van der Waals surface area contributed by atoms with Crippen molar-refractivity contribution >= 4 is 17.2 Å². The molecule has 7 nitrogen and oxygen atoms in total. The lowest BCUT2D eigenvalue weighted by Gasteiger charge is -2.02. The molecule has 130 valence electrons. The summed E-state index contributed by atoms with van der Waals surface area (Å²) < 4.78 is 0. The maximum absolute atomic E-state index is 12.0. The molecule has 1 aromatic carbocycles. The predicted molar refractivity (Wildman–Crippen MR) is 95.6 cm³/mol. The van der Waals surface area contributed by atoms with Crippen LogP contribution in [0.4, 0.5) is 0 Å². The molecule has 0 bridgehead atoms.